The van der Waals surface area contributed by atoms with Gasteiger partial charge in [0.15, 0.2) is 22.5 Å². The van der Waals surface area contributed by atoms with Crippen molar-refractivity contribution >= 4 is 22.9 Å². The molecule has 0 aliphatic carbocycles. The molecule has 4 atom stereocenters. The molecule has 0 amide bonds. The van der Waals surface area contributed by atoms with E-state index >= 15 is 0 Å². The minimum Gasteiger partial charge on any atom is -0.394 e. The monoisotopic (exact) mass is 370 g/mol. The van der Waals surface area contributed by atoms with Gasteiger partial charge in [-0.1, -0.05) is 11.8 Å². The van der Waals surface area contributed by atoms with Crippen molar-refractivity contribution in [2.45, 2.75) is 36.1 Å². The van der Waals surface area contributed by atoms with E-state index in [-0.39, 0.29) is 11.2 Å². The van der Waals surface area contributed by atoms with Crippen molar-refractivity contribution in [3.05, 3.63) is 26.9 Å². The van der Waals surface area contributed by atoms with E-state index < -0.39 is 41.8 Å². The molecule has 0 saturated carbocycles. The number of thioether (sulfide) groups is 1. The van der Waals surface area contributed by atoms with Gasteiger partial charge >= 0.3 is 0 Å². The number of hydrogen-bond donors (Lipinski definition) is 3. The van der Waals surface area contributed by atoms with Crippen LogP contribution < -0.4 is 11.1 Å². The van der Waals surface area contributed by atoms with Crippen molar-refractivity contribution in [3.8, 4) is 0 Å². The molecular weight excluding hydrogens is 352 g/mol. The Morgan fingerprint density at radius 3 is 2.68 bits per heavy atom. The summed E-state index contributed by atoms with van der Waals surface area (Å²) >= 11 is 1.20. The SMILES string of the molecule is CSc1nc2c(ncc(=O)n2C2O[C@H](CO)[C@@H](O)[C@@]2(C)O)c(=O)n1C. The molecule has 1 fully saturated rings. The van der Waals surface area contributed by atoms with Crippen molar-refractivity contribution in [3.63, 3.8) is 0 Å². The summed E-state index contributed by atoms with van der Waals surface area (Å²) in [7, 11) is 1.53. The first-order chi connectivity index (χ1) is 11.7. The van der Waals surface area contributed by atoms with E-state index in [9.17, 15) is 24.9 Å². The molecule has 11 heteroatoms. The van der Waals surface area contributed by atoms with Gasteiger partial charge in [0.2, 0.25) is 0 Å². The van der Waals surface area contributed by atoms with E-state index in [0.717, 1.165) is 10.8 Å². The zero-order valence-electron chi connectivity index (χ0n) is 13.8. The fourth-order valence-electron chi connectivity index (χ4n) is 2.90. The van der Waals surface area contributed by atoms with Gasteiger partial charge in [0, 0.05) is 7.05 Å². The third-order valence-electron chi connectivity index (χ3n) is 4.33. The van der Waals surface area contributed by atoms with Crippen molar-refractivity contribution in [1.82, 2.24) is 19.1 Å². The number of hydrogen-bond acceptors (Lipinski definition) is 9. The number of rotatable bonds is 3. The Kier molecular flexibility index (Phi) is 4.45. The van der Waals surface area contributed by atoms with Crippen LogP contribution in [0.15, 0.2) is 20.9 Å². The quantitative estimate of drug-likeness (QED) is 0.422. The summed E-state index contributed by atoms with van der Waals surface area (Å²) in [6.07, 6.45) is -1.19. The third kappa shape index (κ3) is 2.59. The Labute approximate surface area is 145 Å². The van der Waals surface area contributed by atoms with Gasteiger partial charge < -0.3 is 20.1 Å². The molecule has 2 aromatic heterocycles. The summed E-state index contributed by atoms with van der Waals surface area (Å²) in [5, 5.41) is 30.4. The molecule has 1 aliphatic heterocycles. The molecule has 25 heavy (non-hydrogen) atoms. The maximum atomic E-state index is 12.5. The molecule has 0 aromatic carbocycles. The van der Waals surface area contributed by atoms with Crippen LogP contribution in [0.5, 0.6) is 0 Å². The topological polar surface area (TPSA) is 140 Å². The van der Waals surface area contributed by atoms with Crippen LogP contribution in [-0.2, 0) is 11.8 Å². The summed E-state index contributed by atoms with van der Waals surface area (Å²) < 4.78 is 7.77. The van der Waals surface area contributed by atoms with E-state index in [1.807, 2.05) is 0 Å². The van der Waals surface area contributed by atoms with Crippen molar-refractivity contribution in [2.24, 2.45) is 7.05 Å². The predicted molar refractivity (Wildman–Crippen MR) is 88.4 cm³/mol. The van der Waals surface area contributed by atoms with Crippen LogP contribution in [0.4, 0.5) is 0 Å². The predicted octanol–water partition coefficient (Wildman–Crippen LogP) is -1.79. The number of fused-ring (bicyclic) bond motifs is 1. The van der Waals surface area contributed by atoms with Crippen LogP contribution in [0.3, 0.4) is 0 Å². The van der Waals surface area contributed by atoms with Gasteiger partial charge in [0.25, 0.3) is 11.1 Å². The van der Waals surface area contributed by atoms with Crippen molar-refractivity contribution in [1.29, 1.82) is 0 Å². The first kappa shape index (κ1) is 18.0. The fourth-order valence-corrected chi connectivity index (χ4v) is 3.44. The molecule has 3 rings (SSSR count). The molecular formula is C14H18N4O6S. The lowest BCUT2D eigenvalue weighted by atomic mass is 9.96. The second kappa shape index (κ2) is 6.18. The largest absolute Gasteiger partial charge is 0.394 e. The van der Waals surface area contributed by atoms with Crippen LogP contribution in [0.25, 0.3) is 11.2 Å². The van der Waals surface area contributed by atoms with Crippen LogP contribution in [0.2, 0.25) is 0 Å². The van der Waals surface area contributed by atoms with Gasteiger partial charge in [0.1, 0.15) is 17.8 Å². The lowest BCUT2D eigenvalue weighted by Gasteiger charge is -2.28. The van der Waals surface area contributed by atoms with Crippen LogP contribution in [0.1, 0.15) is 13.2 Å². The Hall–Kier alpha value is -1.79. The minimum absolute atomic E-state index is 0.0592. The normalized spacial score (nSPS) is 29.4. The minimum atomic E-state index is -1.88. The molecule has 10 nitrogen and oxygen atoms in total. The number of nitrogens with zero attached hydrogens (tertiary/aromatic N) is 4. The van der Waals surface area contributed by atoms with Gasteiger partial charge in [-0.05, 0) is 13.2 Å². The molecule has 1 saturated heterocycles. The van der Waals surface area contributed by atoms with E-state index in [0.29, 0.717) is 5.16 Å². The lowest BCUT2D eigenvalue weighted by molar-refractivity contribution is -0.0964. The number of aliphatic hydroxyl groups excluding tert-OH is 2. The standard InChI is InChI=1S/C14H18N4O6S/c1-14(23)9(21)6(5-19)24-12(14)18-7(20)4-15-8-10(18)16-13(25-3)17(2)11(8)22/h4,6,9,12,19,21,23H,5H2,1-3H3/t6-,9-,12?,14-/m1/s1. The molecule has 1 unspecified atom stereocenters. The van der Waals surface area contributed by atoms with Gasteiger partial charge in [-0.15, -0.1) is 0 Å². The Bertz CT molecular complexity index is 939. The third-order valence-corrected chi connectivity index (χ3v) is 5.06. The zero-order chi connectivity index (χ0) is 18.5. The second-order valence-corrected chi connectivity index (χ2v) is 6.75. The Balaban J connectivity index is 2.33. The molecule has 0 bridgehead atoms. The van der Waals surface area contributed by atoms with Crippen LogP contribution in [0, 0.1) is 0 Å². The lowest BCUT2D eigenvalue weighted by Crippen LogP contribution is -2.46. The molecule has 136 valence electrons. The molecule has 2 aromatic rings. The highest BCUT2D eigenvalue weighted by molar-refractivity contribution is 7.98. The van der Waals surface area contributed by atoms with Crippen LogP contribution in [-0.4, -0.2) is 65.1 Å². The molecule has 0 radical (unpaired) electrons. The summed E-state index contributed by atoms with van der Waals surface area (Å²) in [5.41, 5.74) is -3.12. The first-order valence-electron chi connectivity index (χ1n) is 7.43. The zero-order valence-corrected chi connectivity index (χ0v) is 14.6. The van der Waals surface area contributed by atoms with Gasteiger partial charge in [-0.25, -0.2) is 9.97 Å². The highest BCUT2D eigenvalue weighted by atomic mass is 32.2. The Morgan fingerprint density at radius 2 is 2.12 bits per heavy atom. The van der Waals surface area contributed by atoms with E-state index in [1.165, 1.54) is 30.3 Å². The first-order valence-corrected chi connectivity index (χ1v) is 8.65. The molecule has 3 N–H and O–H groups in total. The summed E-state index contributed by atoms with van der Waals surface area (Å²) in [4.78, 5) is 33.0. The molecule has 1 aliphatic rings. The smallest absolute Gasteiger partial charge is 0.282 e. The highest BCUT2D eigenvalue weighted by Gasteiger charge is 2.53. The highest BCUT2D eigenvalue weighted by Crippen LogP contribution is 2.38. The maximum absolute atomic E-state index is 12.5. The fraction of sp³-hybridized carbons (Fsp3) is 0.571. The van der Waals surface area contributed by atoms with Gasteiger partial charge in [-0.2, -0.15) is 0 Å². The summed E-state index contributed by atoms with van der Waals surface area (Å²) in [5.74, 6) is 0. The van der Waals surface area contributed by atoms with Crippen molar-refractivity contribution < 1.29 is 20.1 Å². The van der Waals surface area contributed by atoms with Gasteiger partial charge in [0.05, 0.1) is 12.8 Å². The molecule has 3 heterocycles. The van der Waals surface area contributed by atoms with E-state index in [2.05, 4.69) is 9.97 Å². The van der Waals surface area contributed by atoms with Gasteiger partial charge in [-0.3, -0.25) is 18.7 Å². The number of aromatic nitrogens is 4. The maximum Gasteiger partial charge on any atom is 0.282 e. The average Bonchev–Trinajstić information content (AvgIpc) is 2.80. The summed E-state index contributed by atoms with van der Waals surface area (Å²) in [6.45, 7) is 0.740. The Morgan fingerprint density at radius 1 is 1.44 bits per heavy atom. The molecule has 0 spiro atoms. The van der Waals surface area contributed by atoms with Crippen molar-refractivity contribution in [2.75, 3.05) is 12.9 Å². The summed E-state index contributed by atoms with van der Waals surface area (Å²) in [6, 6.07) is 0. The van der Waals surface area contributed by atoms with E-state index in [1.54, 1.807) is 6.26 Å². The number of aliphatic hydroxyl groups is 3. The van der Waals surface area contributed by atoms with E-state index in [4.69, 9.17) is 4.74 Å². The second-order valence-electron chi connectivity index (χ2n) is 5.98. The number of ether oxygens (including phenoxy) is 1. The van der Waals surface area contributed by atoms with Crippen LogP contribution >= 0.6 is 11.8 Å². The average molecular weight is 370 g/mol.